The molecule has 0 radical (unpaired) electrons. The number of nitrogens with zero attached hydrogens (tertiary/aromatic N) is 2. The third-order valence-corrected chi connectivity index (χ3v) is 4.09. The minimum atomic E-state index is -4.95. The first kappa shape index (κ1) is 12.7. The Bertz CT molecular complexity index is 521. The number of hydrogen-bond donors (Lipinski definition) is 0. The molecule has 9 heteroatoms. The molecule has 0 bridgehead atoms. The lowest BCUT2D eigenvalue weighted by atomic mass is 10.3. The summed E-state index contributed by atoms with van der Waals surface area (Å²) in [6, 6.07) is -0.101. The van der Waals surface area contributed by atoms with E-state index in [4.69, 9.17) is 10.7 Å². The van der Waals surface area contributed by atoms with E-state index in [0.717, 1.165) is 19.0 Å². The molecule has 0 spiro atoms. The van der Waals surface area contributed by atoms with Crippen LogP contribution in [0.25, 0.3) is 0 Å². The van der Waals surface area contributed by atoms with E-state index in [1.807, 2.05) is 0 Å². The highest BCUT2D eigenvalue weighted by atomic mass is 35.7. The first-order chi connectivity index (χ1) is 7.71. The zero-order valence-corrected chi connectivity index (χ0v) is 9.93. The van der Waals surface area contributed by atoms with Gasteiger partial charge < -0.3 is 4.57 Å². The van der Waals surface area contributed by atoms with Gasteiger partial charge in [-0.15, -0.1) is 0 Å². The van der Waals surface area contributed by atoms with Crippen molar-refractivity contribution in [3.63, 3.8) is 0 Å². The van der Waals surface area contributed by atoms with Crippen molar-refractivity contribution in [2.24, 2.45) is 0 Å². The van der Waals surface area contributed by atoms with E-state index in [1.165, 1.54) is 10.9 Å². The molecular formula is C8H8ClF3N2O2S. The molecule has 1 aromatic rings. The fourth-order valence-electron chi connectivity index (χ4n) is 1.65. The Balaban J connectivity index is 2.49. The molecule has 0 aromatic carbocycles. The average molecular weight is 289 g/mol. The zero-order chi connectivity index (χ0) is 12.8. The number of alkyl halides is 3. The summed E-state index contributed by atoms with van der Waals surface area (Å²) in [5.74, 6) is 0. The summed E-state index contributed by atoms with van der Waals surface area (Å²) in [5, 5.41) is -2.72. The topological polar surface area (TPSA) is 52.0 Å². The van der Waals surface area contributed by atoms with Crippen molar-refractivity contribution in [1.82, 2.24) is 9.55 Å². The summed E-state index contributed by atoms with van der Waals surface area (Å²) in [4.78, 5) is 3.57. The summed E-state index contributed by atoms with van der Waals surface area (Å²) in [5.41, 5.74) is -0.421. The van der Waals surface area contributed by atoms with Gasteiger partial charge in [-0.25, -0.2) is 13.4 Å². The van der Waals surface area contributed by atoms with E-state index in [2.05, 4.69) is 4.98 Å². The first-order valence-corrected chi connectivity index (χ1v) is 7.10. The monoisotopic (exact) mass is 288 g/mol. The van der Waals surface area contributed by atoms with Crippen LogP contribution in [-0.2, 0) is 9.05 Å². The van der Waals surface area contributed by atoms with Crippen molar-refractivity contribution < 1.29 is 21.6 Å². The lowest BCUT2D eigenvalue weighted by Crippen LogP contribution is -2.27. The van der Waals surface area contributed by atoms with Gasteiger partial charge >= 0.3 is 6.18 Å². The smallest absolute Gasteiger partial charge is 0.330 e. The third kappa shape index (κ3) is 2.57. The van der Waals surface area contributed by atoms with E-state index in [1.54, 1.807) is 0 Å². The van der Waals surface area contributed by atoms with Crippen LogP contribution in [0, 0.1) is 0 Å². The van der Waals surface area contributed by atoms with Gasteiger partial charge in [0.15, 0.2) is 0 Å². The highest BCUT2D eigenvalue weighted by Crippen LogP contribution is 2.44. The average Bonchev–Trinajstić information content (AvgIpc) is 2.83. The quantitative estimate of drug-likeness (QED) is 0.803. The summed E-state index contributed by atoms with van der Waals surface area (Å²) in [7, 11) is 0.0960. The predicted octanol–water partition coefficient (Wildman–Crippen LogP) is 2.39. The highest BCUT2D eigenvalue weighted by molar-refractivity contribution is 8.14. The van der Waals surface area contributed by atoms with E-state index >= 15 is 0 Å². The maximum atomic E-state index is 12.7. The Hall–Kier alpha value is -0.760. The van der Waals surface area contributed by atoms with Gasteiger partial charge in [-0.3, -0.25) is 0 Å². The van der Waals surface area contributed by atoms with Crippen LogP contribution < -0.4 is 0 Å². The second-order valence-electron chi connectivity index (χ2n) is 3.85. The van der Waals surface area contributed by atoms with E-state index in [0.29, 0.717) is 0 Å². The second kappa shape index (κ2) is 3.88. The fraction of sp³-hybridized carbons (Fsp3) is 0.625. The SMILES string of the molecule is O=S(=O)(Cl)C(c1cncn1C1CC1)C(F)(F)F. The largest absolute Gasteiger partial charge is 0.412 e. The molecule has 4 nitrogen and oxygen atoms in total. The second-order valence-corrected chi connectivity index (χ2v) is 6.57. The molecule has 1 heterocycles. The Morgan fingerprint density at radius 3 is 2.47 bits per heavy atom. The van der Waals surface area contributed by atoms with Crippen molar-refractivity contribution in [2.45, 2.75) is 30.3 Å². The summed E-state index contributed by atoms with van der Waals surface area (Å²) >= 11 is 0. The van der Waals surface area contributed by atoms with Crippen molar-refractivity contribution in [3.05, 3.63) is 18.2 Å². The number of imidazole rings is 1. The van der Waals surface area contributed by atoms with Gasteiger partial charge in [0.1, 0.15) is 0 Å². The summed E-state index contributed by atoms with van der Waals surface area (Å²) in [6.07, 6.45) is -1.41. The van der Waals surface area contributed by atoms with Crippen molar-refractivity contribution in [3.8, 4) is 0 Å². The van der Waals surface area contributed by atoms with Crippen LogP contribution in [0.3, 0.4) is 0 Å². The molecule has 1 fully saturated rings. The van der Waals surface area contributed by atoms with Crippen LogP contribution >= 0.6 is 10.7 Å². The molecule has 2 rings (SSSR count). The van der Waals surface area contributed by atoms with Crippen LogP contribution in [0.4, 0.5) is 13.2 Å². The molecule has 17 heavy (non-hydrogen) atoms. The molecule has 1 atom stereocenters. The fourth-order valence-corrected chi connectivity index (χ4v) is 3.01. The predicted molar refractivity (Wildman–Crippen MR) is 54.1 cm³/mol. The van der Waals surface area contributed by atoms with E-state index in [9.17, 15) is 21.6 Å². The van der Waals surface area contributed by atoms with Gasteiger partial charge in [-0.2, -0.15) is 13.2 Å². The Morgan fingerprint density at radius 2 is 2.06 bits per heavy atom. The van der Waals surface area contributed by atoms with Crippen molar-refractivity contribution in [1.29, 1.82) is 0 Å². The van der Waals surface area contributed by atoms with Crippen molar-refractivity contribution >= 4 is 19.7 Å². The third-order valence-electron chi connectivity index (χ3n) is 2.48. The lowest BCUT2D eigenvalue weighted by Gasteiger charge is -2.18. The molecule has 1 aliphatic carbocycles. The Kier molecular flexibility index (Phi) is 2.89. The summed E-state index contributed by atoms with van der Waals surface area (Å²) in [6.45, 7) is 0. The molecular weight excluding hydrogens is 281 g/mol. The molecule has 0 saturated heterocycles. The number of aromatic nitrogens is 2. The summed E-state index contributed by atoms with van der Waals surface area (Å²) < 4.78 is 61.6. The molecule has 1 aliphatic rings. The van der Waals surface area contributed by atoms with Crippen molar-refractivity contribution in [2.75, 3.05) is 0 Å². The first-order valence-electron chi connectivity index (χ1n) is 4.73. The van der Waals surface area contributed by atoms with Gasteiger partial charge in [0.05, 0.1) is 12.0 Å². The standard InChI is InChI=1S/C8H8ClF3N2O2S/c9-17(15,16)7(8(10,11)12)6-3-13-4-14(6)5-1-2-5/h3-5,7H,1-2H2. The Morgan fingerprint density at radius 1 is 1.47 bits per heavy atom. The number of rotatable bonds is 3. The Labute approximate surface area is 99.8 Å². The molecule has 1 unspecified atom stereocenters. The number of halogens is 4. The molecule has 96 valence electrons. The molecule has 0 N–H and O–H groups in total. The van der Waals surface area contributed by atoms with Crippen LogP contribution in [0.2, 0.25) is 0 Å². The van der Waals surface area contributed by atoms with Crippen LogP contribution in [0.5, 0.6) is 0 Å². The molecule has 1 saturated carbocycles. The maximum absolute atomic E-state index is 12.7. The minimum absolute atomic E-state index is 0.101. The lowest BCUT2D eigenvalue weighted by molar-refractivity contribution is -0.132. The van der Waals surface area contributed by atoms with Crippen LogP contribution in [-0.4, -0.2) is 24.1 Å². The van der Waals surface area contributed by atoms with Crippen LogP contribution in [0.1, 0.15) is 29.8 Å². The van der Waals surface area contributed by atoms with Crippen LogP contribution in [0.15, 0.2) is 12.5 Å². The maximum Gasteiger partial charge on any atom is 0.412 e. The minimum Gasteiger partial charge on any atom is -0.330 e. The molecule has 0 aliphatic heterocycles. The normalized spacial score (nSPS) is 19.3. The van der Waals surface area contributed by atoms with Gasteiger partial charge in [0.2, 0.25) is 14.3 Å². The van der Waals surface area contributed by atoms with E-state index in [-0.39, 0.29) is 6.04 Å². The van der Waals surface area contributed by atoms with Gasteiger partial charge in [0, 0.05) is 22.9 Å². The van der Waals surface area contributed by atoms with Gasteiger partial charge in [-0.05, 0) is 12.8 Å². The van der Waals surface area contributed by atoms with Gasteiger partial charge in [-0.1, -0.05) is 0 Å². The molecule has 0 amide bonds. The van der Waals surface area contributed by atoms with Gasteiger partial charge in [0.25, 0.3) is 0 Å². The number of hydrogen-bond acceptors (Lipinski definition) is 3. The molecule has 1 aromatic heterocycles. The zero-order valence-electron chi connectivity index (χ0n) is 8.35. The highest BCUT2D eigenvalue weighted by Gasteiger charge is 2.51. The van der Waals surface area contributed by atoms with E-state index < -0.39 is 26.2 Å².